The van der Waals surface area contributed by atoms with Crippen LogP contribution in [0.15, 0.2) is 5.38 Å². The third-order valence-corrected chi connectivity index (χ3v) is 3.62. The number of ether oxygens (including phenoxy) is 1. The number of anilines is 1. The highest BCUT2D eigenvalue weighted by Crippen LogP contribution is 2.21. The molecule has 0 aliphatic carbocycles. The van der Waals surface area contributed by atoms with Crippen LogP contribution in [0.5, 0.6) is 0 Å². The molecule has 2 amide bonds. The van der Waals surface area contributed by atoms with Crippen LogP contribution in [0.1, 0.15) is 23.3 Å². The molecule has 2 rings (SSSR count). The van der Waals surface area contributed by atoms with Crippen molar-refractivity contribution in [2.75, 3.05) is 19.5 Å². The lowest BCUT2D eigenvalue weighted by Gasteiger charge is -2.27. The highest BCUT2D eigenvalue weighted by Gasteiger charge is 2.32. The van der Waals surface area contributed by atoms with Crippen molar-refractivity contribution in [1.82, 2.24) is 9.88 Å². The van der Waals surface area contributed by atoms with Gasteiger partial charge in [-0.3, -0.25) is 14.5 Å². The Morgan fingerprint density at radius 2 is 2.32 bits per heavy atom. The summed E-state index contributed by atoms with van der Waals surface area (Å²) < 4.78 is 4.55. The van der Waals surface area contributed by atoms with Gasteiger partial charge in [-0.05, 0) is 6.42 Å². The maximum Gasteiger partial charge on any atom is 0.357 e. The van der Waals surface area contributed by atoms with Crippen LogP contribution < -0.4 is 5.32 Å². The smallest absolute Gasteiger partial charge is 0.357 e. The second-order valence-corrected chi connectivity index (χ2v) is 4.91. The summed E-state index contributed by atoms with van der Waals surface area (Å²) >= 11 is 1.21. The summed E-state index contributed by atoms with van der Waals surface area (Å²) in [6, 6.07) is -0.487. The monoisotopic (exact) mass is 283 g/mol. The first kappa shape index (κ1) is 13.5. The first-order valence-electron chi connectivity index (χ1n) is 5.63. The van der Waals surface area contributed by atoms with E-state index in [1.807, 2.05) is 0 Å². The molecule has 19 heavy (non-hydrogen) atoms. The number of nitrogens with one attached hydrogen (secondary N) is 1. The Bertz CT molecular complexity index is 528. The van der Waals surface area contributed by atoms with Crippen LogP contribution in [0.3, 0.4) is 0 Å². The average Bonchev–Trinajstić information content (AvgIpc) is 2.87. The second kappa shape index (κ2) is 5.35. The minimum Gasteiger partial charge on any atom is -0.464 e. The lowest BCUT2D eigenvalue weighted by Crippen LogP contribution is -2.48. The van der Waals surface area contributed by atoms with Crippen LogP contribution in [-0.2, 0) is 14.3 Å². The number of likely N-dealkylation sites (tertiary alicyclic amines) is 1. The molecule has 1 aliphatic rings. The molecule has 8 heteroatoms. The van der Waals surface area contributed by atoms with Crippen molar-refractivity contribution in [3.63, 3.8) is 0 Å². The predicted octanol–water partition coefficient (Wildman–Crippen LogP) is 0.489. The Hall–Kier alpha value is -1.96. The summed E-state index contributed by atoms with van der Waals surface area (Å²) in [5, 5.41) is 4.95. The topological polar surface area (TPSA) is 88.6 Å². The fourth-order valence-electron chi connectivity index (χ4n) is 1.74. The number of piperidine rings is 1. The number of aromatic nitrogens is 1. The van der Waals surface area contributed by atoms with Crippen molar-refractivity contribution in [2.24, 2.45) is 0 Å². The van der Waals surface area contributed by atoms with Crippen LogP contribution in [0.4, 0.5) is 5.13 Å². The third-order valence-electron chi connectivity index (χ3n) is 2.85. The molecular weight excluding hydrogens is 270 g/mol. The maximum atomic E-state index is 11.9. The van der Waals surface area contributed by atoms with Gasteiger partial charge in [-0.2, -0.15) is 0 Å². The Kier molecular flexibility index (Phi) is 3.79. The quantitative estimate of drug-likeness (QED) is 0.641. The molecule has 1 unspecified atom stereocenters. The molecule has 7 nitrogen and oxygen atoms in total. The normalized spacial score (nSPS) is 19.5. The molecular formula is C11H13N3O4S. The van der Waals surface area contributed by atoms with Crippen LogP contribution in [0.2, 0.25) is 0 Å². The summed E-state index contributed by atoms with van der Waals surface area (Å²) in [6.07, 6.45) is 0.740. The fraction of sp³-hybridized carbons (Fsp3) is 0.455. The summed E-state index contributed by atoms with van der Waals surface area (Å²) in [5.41, 5.74) is 0.197. The SMILES string of the molecule is COC(=O)c1csc(NC2CCC(=O)N(C)C2=O)n1. The molecule has 0 spiro atoms. The summed E-state index contributed by atoms with van der Waals surface area (Å²) in [7, 11) is 2.74. The molecule has 1 saturated heterocycles. The maximum absolute atomic E-state index is 11.9. The number of hydrogen-bond acceptors (Lipinski definition) is 7. The van der Waals surface area contributed by atoms with Crippen molar-refractivity contribution in [1.29, 1.82) is 0 Å². The molecule has 1 fully saturated rings. The number of nitrogens with zero attached hydrogens (tertiary/aromatic N) is 2. The van der Waals surface area contributed by atoms with E-state index in [9.17, 15) is 14.4 Å². The number of methoxy groups -OCH3 is 1. The molecule has 1 N–H and O–H groups in total. The van der Waals surface area contributed by atoms with Crippen LogP contribution in [0.25, 0.3) is 0 Å². The molecule has 1 aliphatic heterocycles. The number of esters is 1. The van der Waals surface area contributed by atoms with Crippen molar-refractivity contribution >= 4 is 34.3 Å². The van der Waals surface area contributed by atoms with E-state index in [1.54, 1.807) is 5.38 Å². The van der Waals surface area contributed by atoms with Gasteiger partial charge in [0.2, 0.25) is 5.91 Å². The third kappa shape index (κ3) is 2.73. The molecule has 2 heterocycles. The van der Waals surface area contributed by atoms with Gasteiger partial charge >= 0.3 is 5.97 Å². The predicted molar refractivity (Wildman–Crippen MR) is 67.9 cm³/mol. The Morgan fingerprint density at radius 1 is 1.58 bits per heavy atom. The number of carbonyl (C=O) groups is 3. The van der Waals surface area contributed by atoms with E-state index in [0.717, 1.165) is 4.90 Å². The van der Waals surface area contributed by atoms with Gasteiger partial charge in [0.15, 0.2) is 10.8 Å². The molecule has 1 aromatic rings. The Labute approximate surface area is 113 Å². The van der Waals surface area contributed by atoms with E-state index in [1.165, 1.54) is 25.5 Å². The minimum absolute atomic E-state index is 0.183. The molecule has 102 valence electrons. The van der Waals surface area contributed by atoms with Gasteiger partial charge in [-0.15, -0.1) is 11.3 Å². The van der Waals surface area contributed by atoms with Gasteiger partial charge < -0.3 is 10.1 Å². The molecule has 0 aromatic carbocycles. The van der Waals surface area contributed by atoms with Crippen molar-refractivity contribution < 1.29 is 19.1 Å². The lowest BCUT2D eigenvalue weighted by atomic mass is 10.1. The molecule has 1 aromatic heterocycles. The van der Waals surface area contributed by atoms with Crippen LogP contribution >= 0.6 is 11.3 Å². The molecule has 0 saturated carbocycles. The van der Waals surface area contributed by atoms with E-state index in [2.05, 4.69) is 15.0 Å². The average molecular weight is 283 g/mol. The van der Waals surface area contributed by atoms with Crippen molar-refractivity contribution in [3.05, 3.63) is 11.1 Å². The van der Waals surface area contributed by atoms with Crippen molar-refractivity contribution in [2.45, 2.75) is 18.9 Å². The van der Waals surface area contributed by atoms with E-state index < -0.39 is 12.0 Å². The Morgan fingerprint density at radius 3 is 3.00 bits per heavy atom. The Balaban J connectivity index is 2.05. The standard InChI is InChI=1S/C11H13N3O4S/c1-14-8(15)4-3-6(9(14)16)12-11-13-7(5-19-11)10(17)18-2/h5-6H,3-4H2,1-2H3,(H,12,13). The molecule has 0 bridgehead atoms. The van der Waals surface area contributed by atoms with Gasteiger partial charge in [0.05, 0.1) is 7.11 Å². The summed E-state index contributed by atoms with van der Waals surface area (Å²) in [6.45, 7) is 0. The summed E-state index contributed by atoms with van der Waals surface area (Å²) in [5.74, 6) is -0.991. The highest BCUT2D eigenvalue weighted by atomic mass is 32.1. The zero-order chi connectivity index (χ0) is 14.0. The van der Waals surface area contributed by atoms with Crippen LogP contribution in [0, 0.1) is 0 Å². The summed E-state index contributed by atoms with van der Waals surface area (Å²) in [4.78, 5) is 39.6. The first-order chi connectivity index (χ1) is 9.02. The van der Waals surface area contributed by atoms with Gasteiger partial charge in [0.25, 0.3) is 5.91 Å². The van der Waals surface area contributed by atoms with E-state index in [4.69, 9.17) is 0 Å². The number of thiazole rings is 1. The number of amides is 2. The molecule has 0 radical (unpaired) electrons. The lowest BCUT2D eigenvalue weighted by molar-refractivity contribution is -0.146. The van der Waals surface area contributed by atoms with E-state index in [-0.39, 0.29) is 17.5 Å². The van der Waals surface area contributed by atoms with E-state index in [0.29, 0.717) is 18.0 Å². The fourth-order valence-corrected chi connectivity index (χ4v) is 2.47. The second-order valence-electron chi connectivity index (χ2n) is 4.06. The minimum atomic E-state index is -0.522. The van der Waals surface area contributed by atoms with Gasteiger partial charge in [0.1, 0.15) is 6.04 Å². The van der Waals surface area contributed by atoms with Crippen LogP contribution in [-0.4, -0.2) is 47.9 Å². The number of hydrogen-bond donors (Lipinski definition) is 1. The van der Waals surface area contributed by atoms with Crippen molar-refractivity contribution in [3.8, 4) is 0 Å². The first-order valence-corrected chi connectivity index (χ1v) is 6.51. The zero-order valence-corrected chi connectivity index (χ0v) is 11.3. The van der Waals surface area contributed by atoms with Gasteiger partial charge in [-0.1, -0.05) is 0 Å². The molecule has 1 atom stereocenters. The highest BCUT2D eigenvalue weighted by molar-refractivity contribution is 7.13. The number of imide groups is 1. The number of rotatable bonds is 3. The van der Waals surface area contributed by atoms with E-state index >= 15 is 0 Å². The number of likely N-dealkylation sites (N-methyl/N-ethyl adjacent to an activating group) is 1. The van der Waals surface area contributed by atoms with Gasteiger partial charge in [0, 0.05) is 18.8 Å². The largest absolute Gasteiger partial charge is 0.464 e. The zero-order valence-electron chi connectivity index (χ0n) is 10.5. The number of carbonyl (C=O) groups excluding carboxylic acids is 3. The van der Waals surface area contributed by atoms with Gasteiger partial charge in [-0.25, -0.2) is 9.78 Å².